The van der Waals surface area contributed by atoms with Gasteiger partial charge < -0.3 is 14.4 Å². The quantitative estimate of drug-likeness (QED) is 0.453. The van der Waals surface area contributed by atoms with Crippen LogP contribution in [0, 0.1) is 27.7 Å². The number of carbonyl (C=O) groups excluding carboxylic acids is 1. The van der Waals surface area contributed by atoms with Gasteiger partial charge in [0.25, 0.3) is 5.91 Å². The van der Waals surface area contributed by atoms with E-state index >= 15 is 0 Å². The molecule has 2 heterocycles. The summed E-state index contributed by atoms with van der Waals surface area (Å²) in [6.45, 7) is 8.80. The third kappa shape index (κ3) is 4.81. The van der Waals surface area contributed by atoms with Crippen molar-refractivity contribution in [3.63, 3.8) is 0 Å². The summed E-state index contributed by atoms with van der Waals surface area (Å²) >= 11 is 0. The molecule has 34 heavy (non-hydrogen) atoms. The van der Waals surface area contributed by atoms with Gasteiger partial charge in [0.1, 0.15) is 5.69 Å². The minimum absolute atomic E-state index is 0.107. The summed E-state index contributed by atoms with van der Waals surface area (Å²) in [6.07, 6.45) is -5.40. The van der Waals surface area contributed by atoms with Crippen molar-refractivity contribution >= 4 is 17.5 Å². The lowest BCUT2D eigenvalue weighted by molar-refractivity contribution is -0.136. The van der Waals surface area contributed by atoms with E-state index in [1.165, 1.54) is 10.5 Å². The summed E-state index contributed by atoms with van der Waals surface area (Å²) in [5.74, 6) is 0.231. The Balaban J connectivity index is 1.68. The average molecular weight is 471 g/mol. The number of hydrogen-bond donors (Lipinski definition) is 0. The van der Waals surface area contributed by atoms with Crippen LogP contribution >= 0.6 is 0 Å². The minimum Gasteiger partial charge on any atom is -0.333 e. The molecule has 8 heteroatoms. The molecule has 0 atom stereocenters. The molecule has 0 unspecified atom stereocenters. The number of hydrogen-bond acceptors (Lipinski definition) is 3. The Morgan fingerprint density at radius 1 is 1.03 bits per heavy atom. The molecule has 3 aromatic rings. The summed E-state index contributed by atoms with van der Waals surface area (Å²) < 4.78 is 41.0. The van der Waals surface area contributed by atoms with Crippen LogP contribution in [-0.4, -0.2) is 39.6 Å². The molecule has 1 aromatic heterocycles. The zero-order chi connectivity index (χ0) is 24.6. The van der Waals surface area contributed by atoms with Crippen molar-refractivity contribution in [3.8, 4) is 0 Å². The number of amides is 1. The van der Waals surface area contributed by atoms with Crippen molar-refractivity contribution < 1.29 is 18.0 Å². The molecule has 0 spiro atoms. The van der Waals surface area contributed by atoms with E-state index in [9.17, 15) is 18.0 Å². The van der Waals surface area contributed by atoms with Crippen LogP contribution in [0.5, 0.6) is 0 Å². The maximum atomic E-state index is 13.6. The fourth-order valence-corrected chi connectivity index (χ4v) is 4.82. The van der Waals surface area contributed by atoms with Crippen LogP contribution in [0.3, 0.4) is 0 Å². The summed E-state index contributed by atoms with van der Waals surface area (Å²) in [5.41, 5.74) is 6.14. The van der Waals surface area contributed by atoms with Gasteiger partial charge in [-0.05, 0) is 44.4 Å². The molecule has 0 saturated carbocycles. The van der Waals surface area contributed by atoms with E-state index in [0.29, 0.717) is 30.4 Å². The number of benzene rings is 2. The fourth-order valence-electron chi connectivity index (χ4n) is 4.82. The lowest BCUT2D eigenvalue weighted by atomic mass is 10.0. The largest absolute Gasteiger partial charge is 0.390 e. The normalized spacial score (nSPS) is 13.3. The molecule has 0 radical (unpaired) electrons. The Labute approximate surface area is 197 Å². The maximum absolute atomic E-state index is 13.6. The molecule has 5 nitrogen and oxygen atoms in total. The van der Waals surface area contributed by atoms with Crippen molar-refractivity contribution in [2.24, 2.45) is 0 Å². The van der Waals surface area contributed by atoms with Gasteiger partial charge in [-0.3, -0.25) is 4.79 Å². The monoisotopic (exact) mass is 470 g/mol. The second kappa shape index (κ2) is 9.16. The molecular weight excluding hydrogens is 441 g/mol. The zero-order valence-corrected chi connectivity index (χ0v) is 19.9. The molecule has 2 aromatic carbocycles. The van der Waals surface area contributed by atoms with Crippen LogP contribution in [0.1, 0.15) is 44.9 Å². The third-order valence-electron chi connectivity index (χ3n) is 6.19. The van der Waals surface area contributed by atoms with Gasteiger partial charge in [-0.15, -0.1) is 0 Å². The van der Waals surface area contributed by atoms with Gasteiger partial charge >= 0.3 is 6.18 Å². The number of imidazole rings is 1. The number of aryl methyl sites for hydroxylation is 4. The van der Waals surface area contributed by atoms with Gasteiger partial charge in [-0.1, -0.05) is 48.0 Å². The molecule has 0 aliphatic carbocycles. The second-order valence-electron chi connectivity index (χ2n) is 8.97. The molecule has 0 fully saturated rings. The summed E-state index contributed by atoms with van der Waals surface area (Å²) in [4.78, 5) is 21.7. The standard InChI is InChI=1S/C26H29F3N4O/c1-17-14-18(2)22(19(3)15-17)32-12-13-33-23(20(4)30-25(32)33)24(34)31(11-10-26(27,28)29)16-21-8-6-5-7-9-21/h5-9,14-15H,10-13,16H2,1-4H3. The van der Waals surface area contributed by atoms with E-state index in [0.717, 1.165) is 22.4 Å². The number of fused-ring (bicyclic) bond motifs is 1. The van der Waals surface area contributed by atoms with Gasteiger partial charge in [0.15, 0.2) is 0 Å². The minimum atomic E-state index is -4.35. The molecule has 0 N–H and O–H groups in total. The van der Waals surface area contributed by atoms with E-state index in [1.54, 1.807) is 6.92 Å². The first-order valence-electron chi connectivity index (χ1n) is 11.4. The molecule has 1 aliphatic rings. The van der Waals surface area contributed by atoms with Gasteiger partial charge in [-0.2, -0.15) is 13.2 Å². The molecule has 1 aliphatic heterocycles. The van der Waals surface area contributed by atoms with Crippen LogP contribution in [0.2, 0.25) is 0 Å². The van der Waals surface area contributed by atoms with Gasteiger partial charge in [-0.25, -0.2) is 4.98 Å². The van der Waals surface area contributed by atoms with Crippen LogP contribution in [0.25, 0.3) is 0 Å². The van der Waals surface area contributed by atoms with E-state index in [4.69, 9.17) is 4.98 Å². The highest BCUT2D eigenvalue weighted by atomic mass is 19.4. The van der Waals surface area contributed by atoms with Crippen molar-refractivity contribution in [1.29, 1.82) is 0 Å². The fraction of sp³-hybridized carbons (Fsp3) is 0.385. The first kappa shape index (κ1) is 23.9. The molecule has 0 saturated heterocycles. The number of rotatable bonds is 6. The van der Waals surface area contributed by atoms with Crippen molar-refractivity contribution in [3.05, 3.63) is 76.1 Å². The zero-order valence-electron chi connectivity index (χ0n) is 19.9. The lowest BCUT2D eigenvalue weighted by Gasteiger charge is -2.24. The molecule has 0 bridgehead atoms. The predicted molar refractivity (Wildman–Crippen MR) is 126 cm³/mol. The highest BCUT2D eigenvalue weighted by Gasteiger charge is 2.34. The predicted octanol–water partition coefficient (Wildman–Crippen LogP) is 5.86. The van der Waals surface area contributed by atoms with Crippen molar-refractivity contribution in [2.45, 2.75) is 53.4 Å². The Kier molecular flexibility index (Phi) is 6.43. The number of aromatic nitrogens is 2. The summed E-state index contributed by atoms with van der Waals surface area (Å²) in [6, 6.07) is 13.3. The van der Waals surface area contributed by atoms with E-state index in [1.807, 2.05) is 34.9 Å². The van der Waals surface area contributed by atoms with Gasteiger partial charge in [0.2, 0.25) is 5.95 Å². The molecule has 4 rings (SSSR count). The maximum Gasteiger partial charge on any atom is 0.390 e. The first-order valence-corrected chi connectivity index (χ1v) is 11.4. The Hall–Kier alpha value is -3.29. The number of alkyl halides is 3. The van der Waals surface area contributed by atoms with E-state index < -0.39 is 25.0 Å². The molecule has 1 amide bonds. The molecule has 180 valence electrons. The average Bonchev–Trinajstić information content (AvgIpc) is 3.28. The SMILES string of the molecule is Cc1cc(C)c(N2CCn3c2nc(C)c3C(=O)N(CCC(F)(F)F)Cc2ccccc2)c(C)c1. The van der Waals surface area contributed by atoms with Crippen molar-refractivity contribution in [2.75, 3.05) is 18.0 Å². The number of nitrogens with zero attached hydrogens (tertiary/aromatic N) is 4. The smallest absolute Gasteiger partial charge is 0.333 e. The molecular formula is C26H29F3N4O. The third-order valence-corrected chi connectivity index (χ3v) is 6.19. The van der Waals surface area contributed by atoms with Crippen molar-refractivity contribution in [1.82, 2.24) is 14.5 Å². The van der Waals surface area contributed by atoms with Gasteiger partial charge in [0.05, 0.1) is 12.1 Å². The topological polar surface area (TPSA) is 41.4 Å². The first-order chi connectivity index (χ1) is 16.0. The number of halogens is 3. The van der Waals surface area contributed by atoms with Crippen LogP contribution < -0.4 is 4.90 Å². The van der Waals surface area contributed by atoms with Crippen LogP contribution in [0.15, 0.2) is 42.5 Å². The second-order valence-corrected chi connectivity index (χ2v) is 8.97. The summed E-state index contributed by atoms with van der Waals surface area (Å²) in [5, 5.41) is 0. The Morgan fingerprint density at radius 2 is 1.68 bits per heavy atom. The Bertz CT molecular complexity index is 1180. The van der Waals surface area contributed by atoms with E-state index in [2.05, 4.69) is 37.8 Å². The summed E-state index contributed by atoms with van der Waals surface area (Å²) in [7, 11) is 0. The van der Waals surface area contributed by atoms with Gasteiger partial charge in [0, 0.05) is 31.9 Å². The highest BCUT2D eigenvalue weighted by Crippen LogP contribution is 2.36. The Morgan fingerprint density at radius 3 is 2.29 bits per heavy atom. The number of carbonyl (C=O) groups is 1. The van der Waals surface area contributed by atoms with Crippen LogP contribution in [0.4, 0.5) is 24.8 Å². The number of anilines is 2. The van der Waals surface area contributed by atoms with Crippen LogP contribution in [-0.2, 0) is 13.1 Å². The highest BCUT2D eigenvalue weighted by molar-refractivity contribution is 5.95. The van der Waals surface area contributed by atoms with E-state index in [-0.39, 0.29) is 6.54 Å². The lowest BCUT2D eigenvalue weighted by Crippen LogP contribution is -2.35.